The summed E-state index contributed by atoms with van der Waals surface area (Å²) in [6.45, 7) is 5.64. The molecule has 2 fully saturated rings. The van der Waals surface area contributed by atoms with Crippen molar-refractivity contribution in [2.24, 2.45) is 5.92 Å². The maximum absolute atomic E-state index is 12.7. The third-order valence-electron chi connectivity index (χ3n) is 5.24. The van der Waals surface area contributed by atoms with Crippen LogP contribution in [0.2, 0.25) is 0 Å². The number of ether oxygens (including phenoxy) is 4. The van der Waals surface area contributed by atoms with Gasteiger partial charge in [-0.1, -0.05) is 6.92 Å². The van der Waals surface area contributed by atoms with Crippen LogP contribution in [0.4, 0.5) is 5.69 Å². The lowest BCUT2D eigenvalue weighted by Gasteiger charge is -2.37. The zero-order chi connectivity index (χ0) is 18.7. The molecule has 0 radical (unpaired) electrons. The number of hydrogen-bond acceptors (Lipinski definition) is 6. The van der Waals surface area contributed by atoms with Crippen LogP contribution in [0.1, 0.15) is 13.3 Å². The van der Waals surface area contributed by atoms with Gasteiger partial charge >= 0.3 is 0 Å². The molecule has 0 bridgehead atoms. The minimum absolute atomic E-state index is 0.125. The molecule has 2 aliphatic heterocycles. The molecule has 2 saturated heterocycles. The Bertz CT molecular complexity index is 618. The van der Waals surface area contributed by atoms with Crippen molar-refractivity contribution in [3.05, 3.63) is 12.1 Å². The van der Waals surface area contributed by atoms with E-state index in [2.05, 4.69) is 11.8 Å². The van der Waals surface area contributed by atoms with Crippen LogP contribution in [0.5, 0.6) is 17.2 Å². The Morgan fingerprint density at radius 3 is 2.12 bits per heavy atom. The van der Waals surface area contributed by atoms with E-state index in [0.717, 1.165) is 25.2 Å². The lowest BCUT2D eigenvalue weighted by Crippen LogP contribution is -2.52. The van der Waals surface area contributed by atoms with E-state index >= 15 is 0 Å². The Labute approximate surface area is 154 Å². The van der Waals surface area contributed by atoms with Crippen LogP contribution in [0.3, 0.4) is 0 Å². The molecule has 1 amide bonds. The van der Waals surface area contributed by atoms with Gasteiger partial charge in [0, 0.05) is 50.6 Å². The average Bonchev–Trinajstić information content (AvgIpc) is 3.12. The van der Waals surface area contributed by atoms with E-state index in [4.69, 9.17) is 18.9 Å². The minimum atomic E-state index is -0.275. The van der Waals surface area contributed by atoms with Crippen LogP contribution in [0.15, 0.2) is 12.1 Å². The van der Waals surface area contributed by atoms with E-state index in [1.165, 1.54) is 0 Å². The van der Waals surface area contributed by atoms with Crippen molar-refractivity contribution in [3.8, 4) is 17.2 Å². The molecule has 0 spiro atoms. The Morgan fingerprint density at radius 2 is 1.65 bits per heavy atom. The zero-order valence-electron chi connectivity index (χ0n) is 16.0. The first-order chi connectivity index (χ1) is 12.6. The smallest absolute Gasteiger partial charge is 0.252 e. The lowest BCUT2D eigenvalue weighted by atomic mass is 10.0. The van der Waals surface area contributed by atoms with Gasteiger partial charge in [-0.3, -0.25) is 4.79 Å². The molecule has 1 aromatic rings. The summed E-state index contributed by atoms with van der Waals surface area (Å²) in [5.74, 6) is 2.28. The van der Waals surface area contributed by atoms with E-state index in [-0.39, 0.29) is 12.0 Å². The van der Waals surface area contributed by atoms with Crippen LogP contribution in [-0.4, -0.2) is 71.0 Å². The number of anilines is 1. The molecule has 1 aromatic carbocycles. The van der Waals surface area contributed by atoms with Gasteiger partial charge in [0.25, 0.3) is 5.91 Å². The molecule has 7 heteroatoms. The summed E-state index contributed by atoms with van der Waals surface area (Å²) in [4.78, 5) is 16.8. The predicted octanol–water partition coefficient (Wildman–Crippen LogP) is 1.79. The minimum Gasteiger partial charge on any atom is -0.493 e. The van der Waals surface area contributed by atoms with Crippen LogP contribution in [0, 0.1) is 5.92 Å². The second-order valence-corrected chi connectivity index (χ2v) is 6.75. The third-order valence-corrected chi connectivity index (χ3v) is 5.24. The molecule has 2 atom stereocenters. The highest BCUT2D eigenvalue weighted by molar-refractivity contribution is 5.82. The first-order valence-electron chi connectivity index (χ1n) is 9.04. The molecular formula is C19H28N2O5. The predicted molar refractivity (Wildman–Crippen MR) is 98.4 cm³/mol. The number of hydrogen-bond donors (Lipinski definition) is 0. The highest BCUT2D eigenvalue weighted by Crippen LogP contribution is 2.41. The van der Waals surface area contributed by atoms with Crippen molar-refractivity contribution in [3.63, 3.8) is 0 Å². The topological polar surface area (TPSA) is 60.5 Å². The van der Waals surface area contributed by atoms with Gasteiger partial charge in [0.05, 0.1) is 21.3 Å². The molecular weight excluding hydrogens is 336 g/mol. The number of piperazine rings is 1. The Morgan fingerprint density at radius 1 is 1.04 bits per heavy atom. The van der Waals surface area contributed by atoms with Gasteiger partial charge in [-0.15, -0.1) is 0 Å². The van der Waals surface area contributed by atoms with Gasteiger partial charge in [0.15, 0.2) is 11.5 Å². The monoisotopic (exact) mass is 364 g/mol. The molecule has 7 nitrogen and oxygen atoms in total. The van der Waals surface area contributed by atoms with Crippen LogP contribution in [-0.2, 0) is 9.53 Å². The number of benzene rings is 1. The second kappa shape index (κ2) is 8.03. The first kappa shape index (κ1) is 18.6. The molecule has 144 valence electrons. The number of methoxy groups -OCH3 is 3. The van der Waals surface area contributed by atoms with Gasteiger partial charge in [0.1, 0.15) is 6.10 Å². The SMILES string of the molecule is COc1cc(N2CCN(C(=O)[C@@H]3OCC[C@@H]3C)CC2)cc(OC)c1OC. The largest absolute Gasteiger partial charge is 0.493 e. The van der Waals surface area contributed by atoms with E-state index in [0.29, 0.717) is 42.9 Å². The quantitative estimate of drug-likeness (QED) is 0.794. The standard InChI is InChI=1S/C19H28N2O5/c1-13-5-10-26-17(13)19(22)21-8-6-20(7-9-21)14-11-15(23-2)18(25-4)16(12-14)24-3/h11-13,17H,5-10H2,1-4H3/t13-,17+/m0/s1. The highest BCUT2D eigenvalue weighted by Gasteiger charge is 2.35. The molecule has 2 aliphatic rings. The molecule has 0 unspecified atom stereocenters. The average molecular weight is 364 g/mol. The van der Waals surface area contributed by atoms with Gasteiger partial charge in [-0.2, -0.15) is 0 Å². The van der Waals surface area contributed by atoms with Crippen LogP contribution in [0.25, 0.3) is 0 Å². The summed E-state index contributed by atoms with van der Waals surface area (Å²) in [7, 11) is 4.82. The number of amides is 1. The van der Waals surface area contributed by atoms with Crippen molar-refractivity contribution in [1.29, 1.82) is 0 Å². The fraction of sp³-hybridized carbons (Fsp3) is 0.632. The summed E-state index contributed by atoms with van der Waals surface area (Å²) >= 11 is 0. The molecule has 0 N–H and O–H groups in total. The van der Waals surface area contributed by atoms with E-state index in [9.17, 15) is 4.79 Å². The molecule has 0 aromatic heterocycles. The summed E-state index contributed by atoms with van der Waals surface area (Å²) in [6.07, 6.45) is 0.685. The van der Waals surface area contributed by atoms with E-state index < -0.39 is 0 Å². The fourth-order valence-electron chi connectivity index (χ4n) is 3.63. The summed E-state index contributed by atoms with van der Waals surface area (Å²) in [6, 6.07) is 3.89. The van der Waals surface area contributed by atoms with E-state index in [1.54, 1.807) is 21.3 Å². The van der Waals surface area contributed by atoms with E-state index in [1.807, 2.05) is 17.0 Å². The molecule has 3 rings (SSSR count). The van der Waals surface area contributed by atoms with Crippen molar-refractivity contribution in [2.45, 2.75) is 19.4 Å². The Hall–Kier alpha value is -2.15. The van der Waals surface area contributed by atoms with Gasteiger partial charge < -0.3 is 28.7 Å². The Kier molecular flexibility index (Phi) is 5.76. The van der Waals surface area contributed by atoms with Gasteiger partial charge in [0.2, 0.25) is 5.75 Å². The maximum atomic E-state index is 12.7. The maximum Gasteiger partial charge on any atom is 0.252 e. The molecule has 26 heavy (non-hydrogen) atoms. The number of carbonyl (C=O) groups is 1. The molecule has 0 saturated carbocycles. The van der Waals surface area contributed by atoms with Gasteiger partial charge in [-0.05, 0) is 12.3 Å². The first-order valence-corrected chi connectivity index (χ1v) is 9.04. The lowest BCUT2D eigenvalue weighted by molar-refractivity contribution is -0.142. The Balaban J connectivity index is 1.69. The van der Waals surface area contributed by atoms with Gasteiger partial charge in [-0.25, -0.2) is 0 Å². The van der Waals surface area contributed by atoms with Crippen molar-refractivity contribution < 1.29 is 23.7 Å². The number of nitrogens with zero attached hydrogens (tertiary/aromatic N) is 2. The highest BCUT2D eigenvalue weighted by atomic mass is 16.5. The number of rotatable bonds is 5. The molecule has 0 aliphatic carbocycles. The zero-order valence-corrected chi connectivity index (χ0v) is 16.0. The fourth-order valence-corrected chi connectivity index (χ4v) is 3.63. The summed E-state index contributed by atoms with van der Waals surface area (Å²) < 4.78 is 21.9. The number of carbonyl (C=O) groups excluding carboxylic acids is 1. The van der Waals surface area contributed by atoms with Crippen molar-refractivity contribution in [1.82, 2.24) is 4.90 Å². The molecule has 2 heterocycles. The normalized spacial score (nSPS) is 23.1. The third kappa shape index (κ3) is 3.53. The van der Waals surface area contributed by atoms with Crippen molar-refractivity contribution >= 4 is 11.6 Å². The van der Waals surface area contributed by atoms with Crippen LogP contribution < -0.4 is 19.1 Å². The van der Waals surface area contributed by atoms with Crippen LogP contribution >= 0.6 is 0 Å². The summed E-state index contributed by atoms with van der Waals surface area (Å²) in [5.41, 5.74) is 0.997. The second-order valence-electron chi connectivity index (χ2n) is 6.75. The van der Waals surface area contributed by atoms with Crippen molar-refractivity contribution in [2.75, 3.05) is 59.0 Å². The summed E-state index contributed by atoms with van der Waals surface area (Å²) in [5, 5.41) is 0.